The third kappa shape index (κ3) is 5.45. The molecule has 140 valence electrons. The van der Waals surface area contributed by atoms with Crippen LogP contribution in [0.4, 0.5) is 18.9 Å². The first-order valence-electron chi connectivity index (χ1n) is 7.94. The summed E-state index contributed by atoms with van der Waals surface area (Å²) in [6.07, 6.45) is -3.10. The van der Waals surface area contributed by atoms with E-state index in [1.807, 2.05) is 19.0 Å². The van der Waals surface area contributed by atoms with Gasteiger partial charge in [0, 0.05) is 17.7 Å². The first kappa shape index (κ1) is 19.7. The molecular formula is C18H19F3N2O3. The van der Waals surface area contributed by atoms with E-state index in [-0.39, 0.29) is 11.4 Å². The molecule has 0 aliphatic heterocycles. The molecule has 0 aliphatic carbocycles. The van der Waals surface area contributed by atoms with E-state index in [2.05, 4.69) is 0 Å². The number of non-ortho nitro benzene ring substituents is 1. The first-order chi connectivity index (χ1) is 12.2. The van der Waals surface area contributed by atoms with Crippen molar-refractivity contribution in [2.75, 3.05) is 20.6 Å². The lowest BCUT2D eigenvalue weighted by Crippen LogP contribution is -2.13. The Kier molecular flexibility index (Phi) is 6.20. The Morgan fingerprint density at radius 2 is 1.77 bits per heavy atom. The lowest BCUT2D eigenvalue weighted by molar-refractivity contribution is -0.384. The predicted octanol–water partition coefficient (Wildman–Crippen LogP) is 4.90. The minimum atomic E-state index is -4.41. The average Bonchev–Trinajstić information content (AvgIpc) is 2.55. The van der Waals surface area contributed by atoms with E-state index >= 15 is 0 Å². The highest BCUT2D eigenvalue weighted by atomic mass is 19.4. The molecule has 2 rings (SSSR count). The van der Waals surface area contributed by atoms with E-state index in [4.69, 9.17) is 4.74 Å². The molecule has 0 unspecified atom stereocenters. The third-order valence-corrected chi connectivity index (χ3v) is 3.72. The van der Waals surface area contributed by atoms with Gasteiger partial charge in [-0.15, -0.1) is 0 Å². The molecule has 2 aromatic carbocycles. The number of aryl methyl sites for hydroxylation is 1. The van der Waals surface area contributed by atoms with Crippen LogP contribution in [-0.4, -0.2) is 30.5 Å². The highest BCUT2D eigenvalue weighted by Gasteiger charge is 2.30. The minimum Gasteiger partial charge on any atom is -0.457 e. The van der Waals surface area contributed by atoms with Crippen molar-refractivity contribution in [1.82, 2.24) is 4.90 Å². The summed E-state index contributed by atoms with van der Waals surface area (Å²) in [6.45, 7) is 0.794. The lowest BCUT2D eigenvalue weighted by atomic mass is 10.1. The van der Waals surface area contributed by atoms with E-state index in [9.17, 15) is 23.3 Å². The van der Waals surface area contributed by atoms with Crippen LogP contribution in [0.1, 0.15) is 17.5 Å². The Hall–Kier alpha value is -2.61. The maximum atomic E-state index is 12.6. The van der Waals surface area contributed by atoms with Gasteiger partial charge >= 0.3 is 6.18 Å². The summed E-state index contributed by atoms with van der Waals surface area (Å²) in [5.74, 6) is 0.634. The zero-order chi connectivity index (χ0) is 19.3. The Bertz CT molecular complexity index is 759. The Morgan fingerprint density at radius 1 is 1.12 bits per heavy atom. The molecule has 0 fully saturated rings. The highest BCUT2D eigenvalue weighted by molar-refractivity contribution is 5.46. The molecule has 26 heavy (non-hydrogen) atoms. The van der Waals surface area contributed by atoms with Gasteiger partial charge in [-0.3, -0.25) is 10.1 Å². The van der Waals surface area contributed by atoms with Gasteiger partial charge in [0.1, 0.15) is 11.5 Å². The first-order valence-corrected chi connectivity index (χ1v) is 7.94. The number of nitro benzene ring substituents is 1. The number of hydrogen-bond donors (Lipinski definition) is 0. The van der Waals surface area contributed by atoms with Crippen LogP contribution >= 0.6 is 0 Å². The van der Waals surface area contributed by atoms with Crippen molar-refractivity contribution in [1.29, 1.82) is 0 Å². The molecule has 0 aromatic heterocycles. The van der Waals surface area contributed by atoms with Gasteiger partial charge in [0.15, 0.2) is 0 Å². The predicted molar refractivity (Wildman–Crippen MR) is 91.5 cm³/mol. The summed E-state index contributed by atoms with van der Waals surface area (Å²) < 4.78 is 43.5. The maximum Gasteiger partial charge on any atom is 0.416 e. The second kappa shape index (κ2) is 8.18. The number of nitro groups is 1. The summed E-state index contributed by atoms with van der Waals surface area (Å²) >= 11 is 0. The van der Waals surface area contributed by atoms with Gasteiger partial charge in [0.2, 0.25) is 0 Å². The van der Waals surface area contributed by atoms with Gasteiger partial charge < -0.3 is 9.64 Å². The zero-order valence-electron chi connectivity index (χ0n) is 14.4. The van der Waals surface area contributed by atoms with Gasteiger partial charge in [-0.2, -0.15) is 13.2 Å². The number of halogens is 3. The Balaban J connectivity index is 2.22. The van der Waals surface area contributed by atoms with Crippen molar-refractivity contribution in [3.8, 4) is 11.5 Å². The maximum absolute atomic E-state index is 12.6. The molecule has 0 atom stereocenters. The topological polar surface area (TPSA) is 55.6 Å². The van der Waals surface area contributed by atoms with Crippen LogP contribution in [0.25, 0.3) is 0 Å². The number of hydrogen-bond acceptors (Lipinski definition) is 4. The molecule has 0 bridgehead atoms. The summed E-state index contributed by atoms with van der Waals surface area (Å²) in [4.78, 5) is 12.5. The van der Waals surface area contributed by atoms with Crippen LogP contribution < -0.4 is 4.74 Å². The van der Waals surface area contributed by atoms with E-state index in [0.29, 0.717) is 17.7 Å². The third-order valence-electron chi connectivity index (χ3n) is 3.72. The summed E-state index contributed by atoms with van der Waals surface area (Å²) in [6, 6.07) is 8.56. The second-order valence-corrected chi connectivity index (χ2v) is 6.08. The van der Waals surface area contributed by atoms with Gasteiger partial charge in [0.25, 0.3) is 5.69 Å². The largest absolute Gasteiger partial charge is 0.457 e. The van der Waals surface area contributed by atoms with E-state index in [1.54, 1.807) is 0 Å². The van der Waals surface area contributed by atoms with E-state index in [0.717, 1.165) is 25.1 Å². The number of rotatable bonds is 7. The van der Waals surface area contributed by atoms with E-state index in [1.165, 1.54) is 30.3 Å². The second-order valence-electron chi connectivity index (χ2n) is 6.08. The van der Waals surface area contributed by atoms with Crippen LogP contribution in [-0.2, 0) is 12.6 Å². The fourth-order valence-electron chi connectivity index (χ4n) is 2.40. The molecule has 0 N–H and O–H groups in total. The zero-order valence-corrected chi connectivity index (χ0v) is 14.4. The van der Waals surface area contributed by atoms with Gasteiger partial charge in [0.05, 0.1) is 10.5 Å². The normalized spacial score (nSPS) is 11.6. The van der Waals surface area contributed by atoms with Crippen molar-refractivity contribution in [3.63, 3.8) is 0 Å². The van der Waals surface area contributed by atoms with Crippen molar-refractivity contribution in [2.24, 2.45) is 0 Å². The van der Waals surface area contributed by atoms with Crippen LogP contribution in [0.5, 0.6) is 11.5 Å². The molecule has 5 nitrogen and oxygen atoms in total. The molecule has 0 radical (unpaired) electrons. The molecule has 0 aliphatic rings. The molecule has 0 amide bonds. The SMILES string of the molecule is CN(C)CCCc1cc([N+](=O)[O-])ccc1Oc1ccc(C(F)(F)F)cc1. The summed E-state index contributed by atoms with van der Waals surface area (Å²) in [5.41, 5.74) is -0.176. The van der Waals surface area contributed by atoms with Gasteiger partial charge in [-0.1, -0.05) is 0 Å². The van der Waals surface area contributed by atoms with Crippen molar-refractivity contribution < 1.29 is 22.8 Å². The fourth-order valence-corrected chi connectivity index (χ4v) is 2.40. The van der Waals surface area contributed by atoms with Crippen LogP contribution in [0.15, 0.2) is 42.5 Å². The van der Waals surface area contributed by atoms with Crippen molar-refractivity contribution >= 4 is 5.69 Å². The van der Waals surface area contributed by atoms with Crippen LogP contribution in [0.3, 0.4) is 0 Å². The number of nitrogens with zero attached hydrogens (tertiary/aromatic N) is 2. The number of alkyl halides is 3. The van der Waals surface area contributed by atoms with Crippen molar-refractivity contribution in [3.05, 3.63) is 63.7 Å². The number of benzene rings is 2. The molecule has 2 aromatic rings. The molecular weight excluding hydrogens is 349 g/mol. The Morgan fingerprint density at radius 3 is 2.31 bits per heavy atom. The van der Waals surface area contributed by atoms with Crippen molar-refractivity contribution in [2.45, 2.75) is 19.0 Å². The summed E-state index contributed by atoms with van der Waals surface area (Å²) in [7, 11) is 3.85. The van der Waals surface area contributed by atoms with Gasteiger partial charge in [-0.25, -0.2) is 0 Å². The standard InChI is InChI=1S/C18H19F3N2O3/c1-22(2)11-3-4-13-12-15(23(24)25)7-10-17(13)26-16-8-5-14(6-9-16)18(19,20)21/h5-10,12H,3-4,11H2,1-2H3. The fraction of sp³-hybridized carbons (Fsp3) is 0.333. The molecule has 0 saturated heterocycles. The lowest BCUT2D eigenvalue weighted by Gasteiger charge is -2.14. The minimum absolute atomic E-state index is 0.0513. The average molecular weight is 368 g/mol. The smallest absolute Gasteiger partial charge is 0.416 e. The quantitative estimate of drug-likeness (QED) is 0.515. The van der Waals surface area contributed by atoms with E-state index < -0.39 is 16.7 Å². The number of ether oxygens (including phenoxy) is 1. The summed E-state index contributed by atoms with van der Waals surface area (Å²) in [5, 5.41) is 11.0. The monoisotopic (exact) mass is 368 g/mol. The highest BCUT2D eigenvalue weighted by Crippen LogP contribution is 2.33. The molecule has 8 heteroatoms. The Labute approximate surface area is 149 Å². The molecule has 0 heterocycles. The van der Waals surface area contributed by atoms with Crippen LogP contribution in [0.2, 0.25) is 0 Å². The van der Waals surface area contributed by atoms with Gasteiger partial charge in [-0.05, 0) is 63.8 Å². The molecule has 0 saturated carbocycles. The molecule has 0 spiro atoms. The van der Waals surface area contributed by atoms with Crippen LogP contribution in [0, 0.1) is 10.1 Å².